The third kappa shape index (κ3) is 3.83. The Morgan fingerprint density at radius 3 is 2.60 bits per heavy atom. The predicted octanol–water partition coefficient (Wildman–Crippen LogP) is 2.58. The fourth-order valence-electron chi connectivity index (χ4n) is 2.64. The Morgan fingerprint density at radius 1 is 1.30 bits per heavy atom. The van der Waals surface area contributed by atoms with Crippen LogP contribution in [0.2, 0.25) is 0 Å². The minimum absolute atomic E-state index is 0.207. The van der Waals surface area contributed by atoms with E-state index in [-0.39, 0.29) is 11.5 Å². The van der Waals surface area contributed by atoms with E-state index in [0.29, 0.717) is 18.8 Å². The number of piperidine rings is 1. The number of aryl methyl sites for hydroxylation is 1. The number of benzene rings is 1. The number of carbonyl (C=O) groups excluding carboxylic acids is 1. The molecule has 1 heterocycles. The molecule has 2 rings (SSSR count). The Bertz CT molecular complexity index is 481. The highest BCUT2D eigenvalue weighted by Gasteiger charge is 2.20. The van der Waals surface area contributed by atoms with Crippen molar-refractivity contribution in [1.29, 1.82) is 0 Å². The average molecular weight is 275 g/mol. The number of aromatic carboxylic acids is 1. The number of carboxylic acids is 1. The van der Waals surface area contributed by atoms with Gasteiger partial charge in [-0.1, -0.05) is 19.1 Å². The Hall–Kier alpha value is -1.84. The molecule has 1 aliphatic rings. The summed E-state index contributed by atoms with van der Waals surface area (Å²) < 4.78 is 0. The lowest BCUT2D eigenvalue weighted by Gasteiger charge is -2.31. The molecule has 4 nitrogen and oxygen atoms in total. The SMILES string of the molecule is CC1CCCN(C(=O)CCc2ccc(C(=O)O)cc2)C1. The first kappa shape index (κ1) is 14.6. The van der Waals surface area contributed by atoms with Crippen LogP contribution in [0.4, 0.5) is 0 Å². The Balaban J connectivity index is 1.85. The van der Waals surface area contributed by atoms with Crippen molar-refractivity contribution in [2.45, 2.75) is 32.6 Å². The van der Waals surface area contributed by atoms with Crippen molar-refractivity contribution in [2.75, 3.05) is 13.1 Å². The first-order valence-corrected chi connectivity index (χ1v) is 7.16. The summed E-state index contributed by atoms with van der Waals surface area (Å²) in [5.74, 6) is -0.114. The van der Waals surface area contributed by atoms with Crippen LogP contribution < -0.4 is 0 Å². The predicted molar refractivity (Wildman–Crippen MR) is 76.7 cm³/mol. The van der Waals surface area contributed by atoms with Crippen LogP contribution in [0.1, 0.15) is 42.1 Å². The van der Waals surface area contributed by atoms with Crippen LogP contribution in [0, 0.1) is 5.92 Å². The van der Waals surface area contributed by atoms with Crippen LogP contribution >= 0.6 is 0 Å². The van der Waals surface area contributed by atoms with Crippen LogP contribution in [0.15, 0.2) is 24.3 Å². The van der Waals surface area contributed by atoms with Gasteiger partial charge in [-0.25, -0.2) is 4.79 Å². The number of likely N-dealkylation sites (tertiary alicyclic amines) is 1. The van der Waals surface area contributed by atoms with Gasteiger partial charge in [-0.2, -0.15) is 0 Å². The Morgan fingerprint density at radius 2 is 2.00 bits per heavy atom. The standard InChI is InChI=1S/C16H21NO3/c1-12-3-2-10-17(11-12)15(18)9-6-13-4-7-14(8-5-13)16(19)20/h4-5,7-8,12H,2-3,6,9-11H2,1H3,(H,19,20). The van der Waals surface area contributed by atoms with E-state index in [1.807, 2.05) is 4.90 Å². The molecule has 1 aromatic carbocycles. The maximum atomic E-state index is 12.1. The molecule has 1 N–H and O–H groups in total. The van der Waals surface area contributed by atoms with E-state index in [0.717, 1.165) is 25.1 Å². The summed E-state index contributed by atoms with van der Waals surface area (Å²) in [5, 5.41) is 8.83. The lowest BCUT2D eigenvalue weighted by molar-refractivity contribution is -0.132. The molecule has 0 aliphatic carbocycles. The van der Waals surface area contributed by atoms with Crippen LogP contribution in [0.25, 0.3) is 0 Å². The molecular weight excluding hydrogens is 254 g/mol. The molecular formula is C16H21NO3. The van der Waals surface area contributed by atoms with Gasteiger partial charge >= 0.3 is 5.97 Å². The second-order valence-electron chi connectivity index (χ2n) is 5.59. The topological polar surface area (TPSA) is 57.6 Å². The third-order valence-electron chi connectivity index (χ3n) is 3.84. The van der Waals surface area contributed by atoms with Gasteiger partial charge in [0.15, 0.2) is 0 Å². The molecule has 1 fully saturated rings. The number of carbonyl (C=O) groups is 2. The molecule has 1 amide bonds. The van der Waals surface area contributed by atoms with Crippen molar-refractivity contribution < 1.29 is 14.7 Å². The summed E-state index contributed by atoms with van der Waals surface area (Å²) in [7, 11) is 0. The molecule has 0 bridgehead atoms. The van der Waals surface area contributed by atoms with Crippen LogP contribution in [0.3, 0.4) is 0 Å². The van der Waals surface area contributed by atoms with Crippen molar-refractivity contribution >= 4 is 11.9 Å². The molecule has 1 aliphatic heterocycles. The maximum Gasteiger partial charge on any atom is 0.335 e. The molecule has 0 radical (unpaired) electrons. The molecule has 0 spiro atoms. The normalized spacial score (nSPS) is 18.9. The van der Waals surface area contributed by atoms with Crippen molar-refractivity contribution in [1.82, 2.24) is 4.90 Å². The minimum Gasteiger partial charge on any atom is -0.478 e. The summed E-state index contributed by atoms with van der Waals surface area (Å²) in [6.07, 6.45) is 3.48. The quantitative estimate of drug-likeness (QED) is 0.918. The van der Waals surface area contributed by atoms with E-state index in [1.54, 1.807) is 24.3 Å². The number of carboxylic acid groups (broad SMARTS) is 1. The van der Waals surface area contributed by atoms with Gasteiger partial charge in [0.25, 0.3) is 0 Å². The molecule has 0 saturated carbocycles. The minimum atomic E-state index is -0.921. The summed E-state index contributed by atoms with van der Waals surface area (Å²) in [6, 6.07) is 6.75. The van der Waals surface area contributed by atoms with Crippen molar-refractivity contribution in [2.24, 2.45) is 5.92 Å². The lowest BCUT2D eigenvalue weighted by atomic mass is 9.99. The second-order valence-corrected chi connectivity index (χ2v) is 5.59. The molecule has 108 valence electrons. The fourth-order valence-corrected chi connectivity index (χ4v) is 2.64. The van der Waals surface area contributed by atoms with Crippen molar-refractivity contribution in [3.8, 4) is 0 Å². The number of rotatable bonds is 4. The van der Waals surface area contributed by atoms with Gasteiger partial charge in [0, 0.05) is 19.5 Å². The lowest BCUT2D eigenvalue weighted by Crippen LogP contribution is -2.39. The van der Waals surface area contributed by atoms with Gasteiger partial charge in [-0.15, -0.1) is 0 Å². The van der Waals surface area contributed by atoms with E-state index in [9.17, 15) is 9.59 Å². The molecule has 1 aromatic rings. The number of hydrogen-bond acceptors (Lipinski definition) is 2. The smallest absolute Gasteiger partial charge is 0.335 e. The van der Waals surface area contributed by atoms with Crippen LogP contribution in [0.5, 0.6) is 0 Å². The summed E-state index contributed by atoms with van der Waals surface area (Å²) in [5.41, 5.74) is 1.29. The van der Waals surface area contributed by atoms with Gasteiger partial charge in [0.2, 0.25) is 5.91 Å². The van der Waals surface area contributed by atoms with Gasteiger partial charge in [-0.05, 0) is 42.9 Å². The first-order chi connectivity index (χ1) is 9.56. The summed E-state index contributed by atoms with van der Waals surface area (Å²) in [4.78, 5) is 24.8. The van der Waals surface area contributed by atoms with E-state index in [2.05, 4.69) is 6.92 Å². The van der Waals surface area contributed by atoms with Gasteiger partial charge in [0.05, 0.1) is 5.56 Å². The fraction of sp³-hybridized carbons (Fsp3) is 0.500. The zero-order valence-electron chi connectivity index (χ0n) is 11.8. The highest BCUT2D eigenvalue weighted by atomic mass is 16.4. The van der Waals surface area contributed by atoms with Gasteiger partial charge < -0.3 is 10.0 Å². The highest BCUT2D eigenvalue weighted by Crippen LogP contribution is 2.17. The number of amides is 1. The van der Waals surface area contributed by atoms with Crippen molar-refractivity contribution in [3.63, 3.8) is 0 Å². The molecule has 20 heavy (non-hydrogen) atoms. The summed E-state index contributed by atoms with van der Waals surface area (Å²) in [6.45, 7) is 3.93. The average Bonchev–Trinajstić information content (AvgIpc) is 2.45. The van der Waals surface area contributed by atoms with E-state index in [4.69, 9.17) is 5.11 Å². The molecule has 0 aromatic heterocycles. The Kier molecular flexibility index (Phi) is 4.77. The zero-order chi connectivity index (χ0) is 14.5. The van der Waals surface area contributed by atoms with E-state index >= 15 is 0 Å². The number of nitrogens with zero attached hydrogens (tertiary/aromatic N) is 1. The maximum absolute atomic E-state index is 12.1. The number of hydrogen-bond donors (Lipinski definition) is 1. The largest absolute Gasteiger partial charge is 0.478 e. The van der Waals surface area contributed by atoms with Gasteiger partial charge in [0.1, 0.15) is 0 Å². The first-order valence-electron chi connectivity index (χ1n) is 7.16. The monoisotopic (exact) mass is 275 g/mol. The van der Waals surface area contributed by atoms with E-state index in [1.165, 1.54) is 6.42 Å². The van der Waals surface area contributed by atoms with Gasteiger partial charge in [-0.3, -0.25) is 4.79 Å². The molecule has 1 atom stereocenters. The molecule has 1 unspecified atom stereocenters. The van der Waals surface area contributed by atoms with Crippen LogP contribution in [-0.2, 0) is 11.2 Å². The molecule has 1 saturated heterocycles. The van der Waals surface area contributed by atoms with E-state index < -0.39 is 5.97 Å². The second kappa shape index (κ2) is 6.55. The third-order valence-corrected chi connectivity index (χ3v) is 3.84. The highest BCUT2D eigenvalue weighted by molar-refractivity contribution is 5.87. The van der Waals surface area contributed by atoms with Crippen LogP contribution in [-0.4, -0.2) is 35.0 Å². The summed E-state index contributed by atoms with van der Waals surface area (Å²) >= 11 is 0. The molecule has 4 heteroatoms. The zero-order valence-corrected chi connectivity index (χ0v) is 11.8. The Labute approximate surface area is 119 Å². The van der Waals surface area contributed by atoms with Crippen molar-refractivity contribution in [3.05, 3.63) is 35.4 Å².